The summed E-state index contributed by atoms with van der Waals surface area (Å²) in [6.45, 7) is 5.29. The second-order valence-corrected chi connectivity index (χ2v) is 8.68. The molecule has 0 bridgehead atoms. The Balaban J connectivity index is 1.66. The van der Waals surface area contributed by atoms with Crippen LogP contribution >= 0.6 is 11.6 Å². The first kappa shape index (κ1) is 23.1. The highest BCUT2D eigenvalue weighted by Crippen LogP contribution is 2.31. The fraction of sp³-hybridized carbons (Fsp3) is 0.200. The summed E-state index contributed by atoms with van der Waals surface area (Å²) in [4.78, 5) is 30.6. The molecule has 0 aromatic carbocycles. The molecule has 4 aromatic heterocycles. The summed E-state index contributed by atoms with van der Waals surface area (Å²) in [6.07, 6.45) is 6.59. The summed E-state index contributed by atoms with van der Waals surface area (Å²) in [7, 11) is 1.81. The minimum Gasteiger partial charge on any atom is -0.373 e. The van der Waals surface area contributed by atoms with Gasteiger partial charge in [-0.1, -0.05) is 11.6 Å². The summed E-state index contributed by atoms with van der Waals surface area (Å²) >= 11 is 6.45. The molecule has 0 saturated heterocycles. The van der Waals surface area contributed by atoms with Gasteiger partial charge in [0.15, 0.2) is 0 Å². The van der Waals surface area contributed by atoms with Gasteiger partial charge in [0.25, 0.3) is 5.91 Å². The number of fused-ring (bicyclic) bond motifs is 1. The molecule has 4 aromatic rings. The first-order chi connectivity index (χ1) is 16.2. The molecule has 34 heavy (non-hydrogen) atoms. The number of anilines is 2. The maximum Gasteiger partial charge on any atom is 0.257 e. The molecule has 0 saturated carbocycles. The SMILES string of the molecule is CNc1cc2ncc(-c3cc(NC(=O)c4ccnc(C(C)(C)C#N)c4Cl)cnc3C)cc2cn1. The highest BCUT2D eigenvalue weighted by Gasteiger charge is 2.27. The first-order valence-corrected chi connectivity index (χ1v) is 10.9. The van der Waals surface area contributed by atoms with Crippen LogP contribution < -0.4 is 10.6 Å². The van der Waals surface area contributed by atoms with Crippen molar-refractivity contribution in [2.75, 3.05) is 17.7 Å². The van der Waals surface area contributed by atoms with Gasteiger partial charge in [-0.25, -0.2) is 4.98 Å². The lowest BCUT2D eigenvalue weighted by atomic mass is 9.90. The van der Waals surface area contributed by atoms with E-state index in [0.717, 1.165) is 33.5 Å². The van der Waals surface area contributed by atoms with Crippen LogP contribution in [-0.4, -0.2) is 32.9 Å². The number of pyridine rings is 4. The van der Waals surface area contributed by atoms with Gasteiger partial charge < -0.3 is 10.6 Å². The zero-order valence-corrected chi connectivity index (χ0v) is 19.9. The number of hydrogen-bond acceptors (Lipinski definition) is 7. The molecule has 9 heteroatoms. The molecular formula is C25H22ClN7O. The van der Waals surface area contributed by atoms with Gasteiger partial charge in [0.1, 0.15) is 5.82 Å². The lowest BCUT2D eigenvalue weighted by Crippen LogP contribution is -2.20. The average Bonchev–Trinajstić information content (AvgIpc) is 2.84. The quantitative estimate of drug-likeness (QED) is 0.413. The summed E-state index contributed by atoms with van der Waals surface area (Å²) in [5.41, 5.74) is 3.45. The van der Waals surface area contributed by atoms with Crippen molar-refractivity contribution in [2.45, 2.75) is 26.2 Å². The standard InChI is InChI=1S/C25H22ClN7O/c1-14-19(15-7-16-11-32-21(28-4)9-20(16)31-10-15)8-17(12-30-14)33-24(34)18-5-6-29-23(22(18)26)25(2,3)13-27/h5-12H,1-4H3,(H,28,32)(H,33,34). The smallest absolute Gasteiger partial charge is 0.257 e. The van der Waals surface area contributed by atoms with Crippen LogP contribution in [0.4, 0.5) is 11.5 Å². The minimum absolute atomic E-state index is 0.152. The van der Waals surface area contributed by atoms with E-state index in [1.54, 1.807) is 32.4 Å². The third kappa shape index (κ3) is 4.38. The molecule has 0 fully saturated rings. The maximum atomic E-state index is 13.0. The van der Waals surface area contributed by atoms with Gasteiger partial charge in [0.05, 0.1) is 45.2 Å². The van der Waals surface area contributed by atoms with Gasteiger partial charge >= 0.3 is 0 Å². The van der Waals surface area contributed by atoms with Crippen LogP contribution in [0, 0.1) is 18.3 Å². The van der Waals surface area contributed by atoms with E-state index >= 15 is 0 Å². The summed E-state index contributed by atoms with van der Waals surface area (Å²) in [5, 5.41) is 16.3. The van der Waals surface area contributed by atoms with Crippen molar-refractivity contribution in [1.82, 2.24) is 19.9 Å². The highest BCUT2D eigenvalue weighted by molar-refractivity contribution is 6.35. The molecule has 1 amide bonds. The fourth-order valence-corrected chi connectivity index (χ4v) is 3.94. The van der Waals surface area contributed by atoms with Crippen LogP contribution in [0.5, 0.6) is 0 Å². The predicted molar refractivity (Wildman–Crippen MR) is 133 cm³/mol. The Hall–Kier alpha value is -4.09. The van der Waals surface area contributed by atoms with Crippen molar-refractivity contribution in [3.63, 3.8) is 0 Å². The molecular weight excluding hydrogens is 450 g/mol. The number of hydrogen-bond donors (Lipinski definition) is 2. The largest absolute Gasteiger partial charge is 0.373 e. The Bertz CT molecular complexity index is 1460. The highest BCUT2D eigenvalue weighted by atomic mass is 35.5. The number of rotatable bonds is 5. The Morgan fingerprint density at radius 1 is 1.09 bits per heavy atom. The predicted octanol–water partition coefficient (Wildman–Crippen LogP) is 5.14. The van der Waals surface area contributed by atoms with Crippen molar-refractivity contribution < 1.29 is 4.79 Å². The van der Waals surface area contributed by atoms with Gasteiger partial charge in [-0.05, 0) is 39.0 Å². The van der Waals surface area contributed by atoms with Crippen LogP contribution in [0.2, 0.25) is 5.02 Å². The van der Waals surface area contributed by atoms with Crippen molar-refractivity contribution >= 4 is 39.9 Å². The number of aryl methyl sites for hydroxylation is 1. The van der Waals surface area contributed by atoms with Crippen molar-refractivity contribution in [1.29, 1.82) is 5.26 Å². The van der Waals surface area contributed by atoms with E-state index < -0.39 is 11.3 Å². The van der Waals surface area contributed by atoms with Gasteiger partial charge in [-0.3, -0.25) is 19.7 Å². The number of nitriles is 1. The number of halogens is 1. The number of carbonyl (C=O) groups excluding carboxylic acids is 1. The summed E-state index contributed by atoms with van der Waals surface area (Å²) < 4.78 is 0. The Morgan fingerprint density at radius 3 is 2.62 bits per heavy atom. The number of carbonyl (C=O) groups is 1. The Morgan fingerprint density at radius 2 is 1.88 bits per heavy atom. The number of amides is 1. The van der Waals surface area contributed by atoms with E-state index in [0.29, 0.717) is 11.4 Å². The van der Waals surface area contributed by atoms with Crippen LogP contribution in [0.25, 0.3) is 22.0 Å². The molecule has 0 radical (unpaired) electrons. The zero-order chi connectivity index (χ0) is 24.5. The Kier molecular flexibility index (Phi) is 6.14. The molecule has 8 nitrogen and oxygen atoms in total. The van der Waals surface area contributed by atoms with E-state index in [4.69, 9.17) is 11.6 Å². The van der Waals surface area contributed by atoms with E-state index in [9.17, 15) is 10.1 Å². The maximum absolute atomic E-state index is 13.0. The normalized spacial score (nSPS) is 11.2. The zero-order valence-electron chi connectivity index (χ0n) is 19.1. The van der Waals surface area contributed by atoms with Crippen molar-refractivity contribution in [3.05, 3.63) is 71.0 Å². The van der Waals surface area contributed by atoms with E-state index in [1.807, 2.05) is 32.2 Å². The molecule has 0 unspecified atom stereocenters. The second-order valence-electron chi connectivity index (χ2n) is 8.31. The molecule has 170 valence electrons. The summed E-state index contributed by atoms with van der Waals surface area (Å²) in [6, 6.07) is 9.39. The monoisotopic (exact) mass is 471 g/mol. The lowest BCUT2D eigenvalue weighted by molar-refractivity contribution is 0.102. The van der Waals surface area contributed by atoms with Gasteiger partial charge in [-0.15, -0.1) is 0 Å². The minimum atomic E-state index is -0.933. The third-order valence-electron chi connectivity index (χ3n) is 5.48. The van der Waals surface area contributed by atoms with Gasteiger partial charge in [0, 0.05) is 53.9 Å². The van der Waals surface area contributed by atoms with E-state index in [-0.39, 0.29) is 10.6 Å². The molecule has 2 N–H and O–H groups in total. The number of aromatic nitrogens is 4. The fourth-order valence-electron chi connectivity index (χ4n) is 3.51. The number of nitrogens with one attached hydrogen (secondary N) is 2. The van der Waals surface area contributed by atoms with E-state index in [2.05, 4.69) is 36.6 Å². The summed E-state index contributed by atoms with van der Waals surface area (Å²) in [5.74, 6) is 0.325. The van der Waals surface area contributed by atoms with Crippen molar-refractivity contribution in [2.24, 2.45) is 0 Å². The molecule has 0 spiro atoms. The van der Waals surface area contributed by atoms with Gasteiger partial charge in [-0.2, -0.15) is 5.26 Å². The first-order valence-electron chi connectivity index (χ1n) is 10.5. The third-order valence-corrected chi connectivity index (χ3v) is 5.87. The van der Waals surface area contributed by atoms with Crippen molar-refractivity contribution in [3.8, 4) is 17.2 Å². The topological polar surface area (TPSA) is 116 Å². The van der Waals surface area contributed by atoms with Crippen LogP contribution in [0.1, 0.15) is 35.6 Å². The second kappa shape index (κ2) is 9.04. The molecule has 0 aliphatic rings. The molecule has 4 heterocycles. The molecule has 0 aliphatic carbocycles. The molecule has 0 aliphatic heterocycles. The number of nitrogens with zero attached hydrogens (tertiary/aromatic N) is 5. The van der Waals surface area contributed by atoms with Crippen LogP contribution in [0.3, 0.4) is 0 Å². The molecule has 4 rings (SSSR count). The van der Waals surface area contributed by atoms with Gasteiger partial charge in [0.2, 0.25) is 0 Å². The Labute approximate surface area is 202 Å². The van der Waals surface area contributed by atoms with Crippen LogP contribution in [0.15, 0.2) is 49.1 Å². The van der Waals surface area contributed by atoms with Crippen LogP contribution in [-0.2, 0) is 5.41 Å². The molecule has 0 atom stereocenters. The lowest BCUT2D eigenvalue weighted by Gasteiger charge is -2.18. The van der Waals surface area contributed by atoms with E-state index in [1.165, 1.54) is 12.3 Å². The average molecular weight is 472 g/mol.